The molecule has 0 radical (unpaired) electrons. The second kappa shape index (κ2) is 6.78. The summed E-state index contributed by atoms with van der Waals surface area (Å²) in [6.07, 6.45) is 8.58. The van der Waals surface area contributed by atoms with Crippen LogP contribution < -0.4 is 5.32 Å². The van der Waals surface area contributed by atoms with Crippen LogP contribution in [0, 0.1) is 23.2 Å². The van der Waals surface area contributed by atoms with Gasteiger partial charge in [-0.3, -0.25) is 0 Å². The molecule has 0 bridgehead atoms. The van der Waals surface area contributed by atoms with E-state index in [2.05, 4.69) is 40.1 Å². The van der Waals surface area contributed by atoms with Gasteiger partial charge in [0.2, 0.25) is 0 Å². The molecule has 1 saturated carbocycles. The maximum Gasteiger partial charge on any atom is -0.00209 e. The normalized spacial score (nSPS) is 28.6. The summed E-state index contributed by atoms with van der Waals surface area (Å²) < 4.78 is 0. The molecule has 0 aromatic rings. The van der Waals surface area contributed by atoms with Gasteiger partial charge in [-0.1, -0.05) is 47.0 Å². The van der Waals surface area contributed by atoms with Crippen molar-refractivity contribution < 1.29 is 0 Å². The standard InChI is InChI=1S/C16H33N/c1-13(2)7-6-8-14-11-16(3,4)10-9-15(14)12-17-5/h13-15,17H,6-12H2,1-5H3. The Morgan fingerprint density at radius 1 is 1.24 bits per heavy atom. The van der Waals surface area contributed by atoms with Gasteiger partial charge in [-0.05, 0) is 56.0 Å². The smallest absolute Gasteiger partial charge is 0.00209 e. The molecule has 1 heteroatoms. The molecule has 102 valence electrons. The van der Waals surface area contributed by atoms with Gasteiger partial charge < -0.3 is 5.32 Å². The van der Waals surface area contributed by atoms with Crippen molar-refractivity contribution in [3.8, 4) is 0 Å². The van der Waals surface area contributed by atoms with E-state index in [0.717, 1.165) is 17.8 Å². The topological polar surface area (TPSA) is 12.0 Å². The number of rotatable bonds is 6. The highest BCUT2D eigenvalue weighted by atomic mass is 14.8. The van der Waals surface area contributed by atoms with Gasteiger partial charge in [0.25, 0.3) is 0 Å². The molecule has 1 aliphatic rings. The quantitative estimate of drug-likeness (QED) is 0.721. The van der Waals surface area contributed by atoms with Crippen molar-refractivity contribution in [3.63, 3.8) is 0 Å². The summed E-state index contributed by atoms with van der Waals surface area (Å²) in [6.45, 7) is 10.8. The van der Waals surface area contributed by atoms with Crippen molar-refractivity contribution in [2.24, 2.45) is 23.2 Å². The lowest BCUT2D eigenvalue weighted by Gasteiger charge is -2.41. The van der Waals surface area contributed by atoms with E-state index < -0.39 is 0 Å². The molecule has 0 amide bonds. The summed E-state index contributed by atoms with van der Waals surface area (Å²) in [7, 11) is 2.10. The fraction of sp³-hybridized carbons (Fsp3) is 1.00. The van der Waals surface area contributed by atoms with Gasteiger partial charge in [-0.25, -0.2) is 0 Å². The highest BCUT2D eigenvalue weighted by Crippen LogP contribution is 2.43. The fourth-order valence-corrected chi connectivity index (χ4v) is 3.45. The van der Waals surface area contributed by atoms with Crippen molar-refractivity contribution in [3.05, 3.63) is 0 Å². The summed E-state index contributed by atoms with van der Waals surface area (Å²) in [4.78, 5) is 0. The predicted octanol–water partition coefficient (Wildman–Crippen LogP) is 4.47. The van der Waals surface area contributed by atoms with E-state index in [-0.39, 0.29) is 0 Å². The molecule has 1 aliphatic carbocycles. The van der Waals surface area contributed by atoms with Gasteiger partial charge in [-0.15, -0.1) is 0 Å². The third-order valence-corrected chi connectivity index (χ3v) is 4.50. The molecule has 1 fully saturated rings. The Kier molecular flexibility index (Phi) is 5.99. The van der Waals surface area contributed by atoms with Gasteiger partial charge >= 0.3 is 0 Å². The second-order valence-electron chi connectivity index (χ2n) is 7.31. The Balaban J connectivity index is 2.43. The predicted molar refractivity (Wildman–Crippen MR) is 77.2 cm³/mol. The molecule has 0 aromatic carbocycles. The average Bonchev–Trinajstić information content (AvgIpc) is 2.21. The van der Waals surface area contributed by atoms with Crippen LogP contribution >= 0.6 is 0 Å². The first-order chi connectivity index (χ1) is 7.94. The van der Waals surface area contributed by atoms with Crippen LogP contribution in [-0.4, -0.2) is 13.6 Å². The minimum atomic E-state index is 0.590. The van der Waals surface area contributed by atoms with E-state index in [1.807, 2.05) is 0 Å². The lowest BCUT2D eigenvalue weighted by molar-refractivity contribution is 0.108. The molecule has 2 unspecified atom stereocenters. The summed E-state index contributed by atoms with van der Waals surface area (Å²) >= 11 is 0. The maximum atomic E-state index is 3.39. The molecule has 0 aliphatic heterocycles. The summed E-state index contributed by atoms with van der Waals surface area (Å²) in [6, 6.07) is 0. The van der Waals surface area contributed by atoms with Gasteiger partial charge in [0.05, 0.1) is 0 Å². The van der Waals surface area contributed by atoms with Gasteiger partial charge in [-0.2, -0.15) is 0 Å². The van der Waals surface area contributed by atoms with Crippen molar-refractivity contribution in [1.29, 1.82) is 0 Å². The lowest BCUT2D eigenvalue weighted by atomic mass is 9.65. The van der Waals surface area contributed by atoms with Crippen molar-refractivity contribution in [1.82, 2.24) is 5.32 Å². The Labute approximate surface area is 109 Å². The van der Waals surface area contributed by atoms with Crippen molar-refractivity contribution in [2.75, 3.05) is 13.6 Å². The third-order valence-electron chi connectivity index (χ3n) is 4.50. The van der Waals surface area contributed by atoms with Gasteiger partial charge in [0, 0.05) is 0 Å². The van der Waals surface area contributed by atoms with Crippen LogP contribution in [0.15, 0.2) is 0 Å². The van der Waals surface area contributed by atoms with E-state index in [1.165, 1.54) is 45.1 Å². The molecule has 0 spiro atoms. The minimum Gasteiger partial charge on any atom is -0.319 e. The largest absolute Gasteiger partial charge is 0.319 e. The molecule has 0 saturated heterocycles. The molecule has 17 heavy (non-hydrogen) atoms. The third kappa shape index (κ3) is 5.42. The molecule has 1 N–H and O–H groups in total. The van der Waals surface area contributed by atoms with Crippen LogP contribution in [0.5, 0.6) is 0 Å². The zero-order valence-electron chi connectivity index (χ0n) is 12.7. The van der Waals surface area contributed by atoms with Crippen molar-refractivity contribution >= 4 is 0 Å². The van der Waals surface area contributed by atoms with E-state index >= 15 is 0 Å². The number of nitrogens with one attached hydrogen (secondary N) is 1. The van der Waals surface area contributed by atoms with Crippen LogP contribution in [0.25, 0.3) is 0 Å². The molecule has 0 aromatic heterocycles. The summed E-state index contributed by atoms with van der Waals surface area (Å²) in [5.74, 6) is 2.76. The molecule has 1 rings (SSSR count). The Morgan fingerprint density at radius 2 is 1.94 bits per heavy atom. The van der Waals surface area contributed by atoms with Gasteiger partial charge in [0.15, 0.2) is 0 Å². The number of hydrogen-bond donors (Lipinski definition) is 1. The lowest BCUT2D eigenvalue weighted by Crippen LogP contribution is -2.35. The zero-order chi connectivity index (χ0) is 12.9. The minimum absolute atomic E-state index is 0.590. The molecule has 1 nitrogen and oxygen atoms in total. The molecular formula is C16H33N. The SMILES string of the molecule is CNCC1CCC(C)(C)CC1CCCC(C)C. The van der Waals surface area contributed by atoms with Gasteiger partial charge in [0.1, 0.15) is 0 Å². The summed E-state index contributed by atoms with van der Waals surface area (Å²) in [5.41, 5.74) is 0.590. The van der Waals surface area contributed by atoms with E-state index in [0.29, 0.717) is 5.41 Å². The Bertz CT molecular complexity index is 208. The number of hydrogen-bond acceptors (Lipinski definition) is 1. The zero-order valence-corrected chi connectivity index (χ0v) is 12.7. The Morgan fingerprint density at radius 3 is 2.53 bits per heavy atom. The first-order valence-corrected chi connectivity index (χ1v) is 7.59. The summed E-state index contributed by atoms with van der Waals surface area (Å²) in [5, 5.41) is 3.39. The fourth-order valence-electron chi connectivity index (χ4n) is 3.45. The molecule has 2 atom stereocenters. The second-order valence-corrected chi connectivity index (χ2v) is 7.31. The Hall–Kier alpha value is -0.0400. The molecule has 0 heterocycles. The van der Waals surface area contributed by atoms with E-state index in [9.17, 15) is 0 Å². The maximum absolute atomic E-state index is 3.39. The highest BCUT2D eigenvalue weighted by Gasteiger charge is 2.33. The highest BCUT2D eigenvalue weighted by molar-refractivity contribution is 4.85. The van der Waals surface area contributed by atoms with Crippen LogP contribution in [-0.2, 0) is 0 Å². The van der Waals surface area contributed by atoms with E-state index in [1.54, 1.807) is 0 Å². The first kappa shape index (κ1) is 15.0. The van der Waals surface area contributed by atoms with Crippen LogP contribution in [0.2, 0.25) is 0 Å². The monoisotopic (exact) mass is 239 g/mol. The van der Waals surface area contributed by atoms with Crippen LogP contribution in [0.4, 0.5) is 0 Å². The average molecular weight is 239 g/mol. The van der Waals surface area contributed by atoms with Crippen molar-refractivity contribution in [2.45, 2.75) is 66.2 Å². The molecular weight excluding hydrogens is 206 g/mol. The first-order valence-electron chi connectivity index (χ1n) is 7.59. The van der Waals surface area contributed by atoms with Crippen LogP contribution in [0.1, 0.15) is 66.2 Å². The van der Waals surface area contributed by atoms with E-state index in [4.69, 9.17) is 0 Å². The van der Waals surface area contributed by atoms with Crippen LogP contribution in [0.3, 0.4) is 0 Å².